The SMILES string of the molecule is COCCCCNc1cc(OC)c(OC)c(OC)c1. The summed E-state index contributed by atoms with van der Waals surface area (Å²) in [6.07, 6.45) is 2.08. The third kappa shape index (κ3) is 4.52. The Balaban J connectivity index is 2.68. The predicted octanol–water partition coefficient (Wildman–Crippen LogP) is 2.55. The number of methoxy groups -OCH3 is 4. The van der Waals surface area contributed by atoms with Crippen LogP contribution < -0.4 is 19.5 Å². The van der Waals surface area contributed by atoms with Gasteiger partial charge in [0.2, 0.25) is 5.75 Å². The summed E-state index contributed by atoms with van der Waals surface area (Å²) in [4.78, 5) is 0. The molecule has 0 saturated heterocycles. The summed E-state index contributed by atoms with van der Waals surface area (Å²) in [6, 6.07) is 3.80. The molecule has 5 nitrogen and oxygen atoms in total. The van der Waals surface area contributed by atoms with Crippen LogP contribution >= 0.6 is 0 Å². The van der Waals surface area contributed by atoms with Gasteiger partial charge < -0.3 is 24.3 Å². The van der Waals surface area contributed by atoms with E-state index in [1.54, 1.807) is 28.4 Å². The largest absolute Gasteiger partial charge is 0.493 e. The fraction of sp³-hybridized carbons (Fsp3) is 0.571. The fourth-order valence-corrected chi connectivity index (χ4v) is 1.79. The number of hydrogen-bond acceptors (Lipinski definition) is 5. The Bertz CT molecular complexity index is 357. The molecule has 0 aliphatic heterocycles. The average molecular weight is 269 g/mol. The van der Waals surface area contributed by atoms with Crippen molar-refractivity contribution >= 4 is 5.69 Å². The molecule has 1 aromatic carbocycles. The Labute approximate surface area is 114 Å². The first-order valence-corrected chi connectivity index (χ1v) is 6.29. The highest BCUT2D eigenvalue weighted by Crippen LogP contribution is 2.39. The van der Waals surface area contributed by atoms with Crippen LogP contribution in [0.5, 0.6) is 17.2 Å². The molecular weight excluding hydrogens is 246 g/mol. The van der Waals surface area contributed by atoms with E-state index in [4.69, 9.17) is 18.9 Å². The lowest BCUT2D eigenvalue weighted by Gasteiger charge is -2.15. The third-order valence-electron chi connectivity index (χ3n) is 2.77. The van der Waals surface area contributed by atoms with E-state index in [2.05, 4.69) is 5.32 Å². The summed E-state index contributed by atoms with van der Waals surface area (Å²) in [5, 5.41) is 3.33. The van der Waals surface area contributed by atoms with Crippen molar-refractivity contribution in [3.63, 3.8) is 0 Å². The number of hydrogen-bond donors (Lipinski definition) is 1. The Morgan fingerprint density at radius 3 is 2.00 bits per heavy atom. The quantitative estimate of drug-likeness (QED) is 0.698. The van der Waals surface area contributed by atoms with E-state index < -0.39 is 0 Å². The lowest BCUT2D eigenvalue weighted by Crippen LogP contribution is -2.04. The van der Waals surface area contributed by atoms with Crippen LogP contribution in [0.2, 0.25) is 0 Å². The minimum absolute atomic E-state index is 0.606. The van der Waals surface area contributed by atoms with Crippen LogP contribution in [0.25, 0.3) is 0 Å². The van der Waals surface area contributed by atoms with Gasteiger partial charge in [0, 0.05) is 38.1 Å². The number of nitrogens with one attached hydrogen (secondary N) is 1. The van der Waals surface area contributed by atoms with Crippen molar-refractivity contribution in [2.24, 2.45) is 0 Å². The zero-order chi connectivity index (χ0) is 14.1. The number of rotatable bonds is 9. The number of unbranched alkanes of at least 4 members (excludes halogenated alkanes) is 1. The molecule has 0 radical (unpaired) electrons. The molecule has 0 bridgehead atoms. The van der Waals surface area contributed by atoms with Gasteiger partial charge in [-0.25, -0.2) is 0 Å². The maximum atomic E-state index is 5.30. The highest BCUT2D eigenvalue weighted by atomic mass is 16.5. The standard InChI is InChI=1S/C14H23NO4/c1-16-8-6-5-7-15-11-9-12(17-2)14(19-4)13(10-11)18-3/h9-10,15H,5-8H2,1-4H3. The summed E-state index contributed by atoms with van der Waals surface area (Å²) in [5.41, 5.74) is 0.951. The van der Waals surface area contributed by atoms with E-state index >= 15 is 0 Å². The molecule has 108 valence electrons. The second-order valence-electron chi connectivity index (χ2n) is 4.04. The molecule has 0 aromatic heterocycles. The summed E-state index contributed by atoms with van der Waals surface area (Å²) < 4.78 is 20.9. The molecule has 19 heavy (non-hydrogen) atoms. The predicted molar refractivity (Wildman–Crippen MR) is 75.7 cm³/mol. The number of benzene rings is 1. The van der Waals surface area contributed by atoms with Crippen molar-refractivity contribution in [1.29, 1.82) is 0 Å². The Kier molecular flexibility index (Phi) is 6.89. The van der Waals surface area contributed by atoms with Gasteiger partial charge in [0.05, 0.1) is 21.3 Å². The van der Waals surface area contributed by atoms with Crippen LogP contribution in [0, 0.1) is 0 Å². The molecule has 1 rings (SSSR count). The van der Waals surface area contributed by atoms with Crippen molar-refractivity contribution in [1.82, 2.24) is 0 Å². The van der Waals surface area contributed by atoms with Gasteiger partial charge >= 0.3 is 0 Å². The third-order valence-corrected chi connectivity index (χ3v) is 2.77. The van der Waals surface area contributed by atoms with Gasteiger partial charge in [-0.05, 0) is 12.8 Å². The fourth-order valence-electron chi connectivity index (χ4n) is 1.79. The Morgan fingerprint density at radius 1 is 0.895 bits per heavy atom. The second kappa shape index (κ2) is 8.48. The molecule has 0 fully saturated rings. The monoisotopic (exact) mass is 269 g/mol. The van der Waals surface area contributed by atoms with Gasteiger partial charge in [-0.2, -0.15) is 0 Å². The molecular formula is C14H23NO4. The van der Waals surface area contributed by atoms with Crippen LogP contribution in [-0.2, 0) is 4.74 Å². The minimum atomic E-state index is 0.606. The lowest BCUT2D eigenvalue weighted by atomic mass is 10.2. The first-order valence-electron chi connectivity index (χ1n) is 6.29. The van der Waals surface area contributed by atoms with E-state index in [1.807, 2.05) is 12.1 Å². The van der Waals surface area contributed by atoms with Crippen LogP contribution in [0.15, 0.2) is 12.1 Å². The van der Waals surface area contributed by atoms with E-state index in [0.29, 0.717) is 17.2 Å². The number of ether oxygens (including phenoxy) is 4. The first kappa shape index (κ1) is 15.4. The highest BCUT2D eigenvalue weighted by Gasteiger charge is 2.12. The molecule has 0 atom stereocenters. The summed E-state index contributed by atoms with van der Waals surface area (Å²) >= 11 is 0. The van der Waals surface area contributed by atoms with Gasteiger partial charge in [-0.15, -0.1) is 0 Å². The molecule has 1 N–H and O–H groups in total. The van der Waals surface area contributed by atoms with Crippen LogP contribution in [-0.4, -0.2) is 41.6 Å². The van der Waals surface area contributed by atoms with E-state index in [-0.39, 0.29) is 0 Å². The van der Waals surface area contributed by atoms with Crippen molar-refractivity contribution < 1.29 is 18.9 Å². The second-order valence-corrected chi connectivity index (χ2v) is 4.04. The zero-order valence-corrected chi connectivity index (χ0v) is 12.1. The smallest absolute Gasteiger partial charge is 0.203 e. The van der Waals surface area contributed by atoms with Crippen LogP contribution in [0.3, 0.4) is 0 Å². The first-order chi connectivity index (χ1) is 9.26. The summed E-state index contributed by atoms with van der Waals surface area (Å²) in [6.45, 7) is 1.67. The lowest BCUT2D eigenvalue weighted by molar-refractivity contribution is 0.194. The Morgan fingerprint density at radius 2 is 1.53 bits per heavy atom. The maximum Gasteiger partial charge on any atom is 0.203 e. The van der Waals surface area contributed by atoms with Crippen molar-refractivity contribution in [2.45, 2.75) is 12.8 Å². The summed E-state index contributed by atoms with van der Waals surface area (Å²) in [5.74, 6) is 1.91. The highest BCUT2D eigenvalue weighted by molar-refractivity contribution is 5.62. The minimum Gasteiger partial charge on any atom is -0.493 e. The normalized spacial score (nSPS) is 10.1. The molecule has 0 heterocycles. The topological polar surface area (TPSA) is 49.0 Å². The molecule has 1 aromatic rings. The van der Waals surface area contributed by atoms with E-state index in [0.717, 1.165) is 31.7 Å². The molecule has 0 amide bonds. The molecule has 0 unspecified atom stereocenters. The van der Waals surface area contributed by atoms with E-state index in [9.17, 15) is 0 Å². The zero-order valence-electron chi connectivity index (χ0n) is 12.1. The summed E-state index contributed by atoms with van der Waals surface area (Å²) in [7, 11) is 6.53. The molecule has 0 spiro atoms. The van der Waals surface area contributed by atoms with Gasteiger partial charge in [0.25, 0.3) is 0 Å². The van der Waals surface area contributed by atoms with Gasteiger partial charge in [-0.1, -0.05) is 0 Å². The van der Waals surface area contributed by atoms with Gasteiger partial charge in [-0.3, -0.25) is 0 Å². The van der Waals surface area contributed by atoms with E-state index in [1.165, 1.54) is 0 Å². The molecule has 0 saturated carbocycles. The van der Waals surface area contributed by atoms with Crippen LogP contribution in [0.4, 0.5) is 5.69 Å². The van der Waals surface area contributed by atoms with Crippen molar-refractivity contribution in [2.75, 3.05) is 46.9 Å². The molecule has 5 heteroatoms. The van der Waals surface area contributed by atoms with Gasteiger partial charge in [0.1, 0.15) is 0 Å². The molecule has 0 aliphatic carbocycles. The van der Waals surface area contributed by atoms with Crippen LogP contribution in [0.1, 0.15) is 12.8 Å². The van der Waals surface area contributed by atoms with Crippen molar-refractivity contribution in [3.8, 4) is 17.2 Å². The Hall–Kier alpha value is -1.62. The number of anilines is 1. The maximum absolute atomic E-state index is 5.30. The van der Waals surface area contributed by atoms with Crippen molar-refractivity contribution in [3.05, 3.63) is 12.1 Å². The van der Waals surface area contributed by atoms with Gasteiger partial charge in [0.15, 0.2) is 11.5 Å². The average Bonchev–Trinajstić information content (AvgIpc) is 2.45. The molecule has 0 aliphatic rings.